The standard InChI is InChI=1S/C13H24N2OS/c14-8-10-3-5-11(6-4-10)9-15-13(16)12-2-1-7-17-12/h10-12H,1-9,14H2,(H,15,16). The van der Waals surface area contributed by atoms with E-state index in [1.54, 1.807) is 0 Å². The minimum atomic E-state index is 0.232. The Balaban J connectivity index is 1.63. The Morgan fingerprint density at radius 2 is 1.88 bits per heavy atom. The van der Waals surface area contributed by atoms with Crippen LogP contribution < -0.4 is 11.1 Å². The summed E-state index contributed by atoms with van der Waals surface area (Å²) in [6.45, 7) is 1.71. The molecule has 0 aromatic heterocycles. The highest BCUT2D eigenvalue weighted by Gasteiger charge is 2.25. The topological polar surface area (TPSA) is 55.1 Å². The van der Waals surface area contributed by atoms with Gasteiger partial charge in [0.05, 0.1) is 5.25 Å². The number of amides is 1. The second kappa shape index (κ2) is 6.64. The van der Waals surface area contributed by atoms with Gasteiger partial charge >= 0.3 is 0 Å². The summed E-state index contributed by atoms with van der Waals surface area (Å²) in [5, 5.41) is 3.37. The van der Waals surface area contributed by atoms with E-state index in [0.29, 0.717) is 5.92 Å². The Kier molecular flexibility index (Phi) is 5.16. The Morgan fingerprint density at radius 3 is 2.47 bits per heavy atom. The van der Waals surface area contributed by atoms with Gasteiger partial charge in [0, 0.05) is 6.54 Å². The van der Waals surface area contributed by atoms with Crippen LogP contribution in [0.4, 0.5) is 0 Å². The number of carbonyl (C=O) groups is 1. The molecule has 2 fully saturated rings. The summed E-state index contributed by atoms with van der Waals surface area (Å²) in [6, 6.07) is 0. The quantitative estimate of drug-likeness (QED) is 0.806. The van der Waals surface area contributed by atoms with Gasteiger partial charge in [0.15, 0.2) is 0 Å². The van der Waals surface area contributed by atoms with E-state index in [2.05, 4.69) is 5.32 Å². The molecule has 3 N–H and O–H groups in total. The monoisotopic (exact) mass is 256 g/mol. The molecule has 0 bridgehead atoms. The summed E-state index contributed by atoms with van der Waals surface area (Å²) in [7, 11) is 0. The van der Waals surface area contributed by atoms with Crippen molar-refractivity contribution < 1.29 is 4.79 Å². The molecule has 2 aliphatic rings. The smallest absolute Gasteiger partial charge is 0.233 e. The number of thioether (sulfide) groups is 1. The van der Waals surface area contributed by atoms with Crippen LogP contribution in [-0.2, 0) is 4.79 Å². The molecule has 1 amide bonds. The maximum absolute atomic E-state index is 11.9. The lowest BCUT2D eigenvalue weighted by Crippen LogP contribution is -2.36. The summed E-state index contributed by atoms with van der Waals surface area (Å²) in [5.74, 6) is 2.84. The lowest BCUT2D eigenvalue weighted by atomic mass is 9.82. The number of rotatable bonds is 4. The predicted molar refractivity (Wildman–Crippen MR) is 73.0 cm³/mol. The lowest BCUT2D eigenvalue weighted by Gasteiger charge is -2.28. The van der Waals surface area contributed by atoms with Gasteiger partial charge in [-0.05, 0) is 62.7 Å². The van der Waals surface area contributed by atoms with Crippen LogP contribution in [0.2, 0.25) is 0 Å². The molecule has 2 rings (SSSR count). The minimum Gasteiger partial charge on any atom is -0.355 e. The number of nitrogens with one attached hydrogen (secondary N) is 1. The molecule has 0 spiro atoms. The normalized spacial score (nSPS) is 33.6. The van der Waals surface area contributed by atoms with Crippen molar-refractivity contribution in [2.75, 3.05) is 18.8 Å². The summed E-state index contributed by atoms with van der Waals surface area (Å²) in [6.07, 6.45) is 7.23. The van der Waals surface area contributed by atoms with Crippen molar-refractivity contribution in [3.05, 3.63) is 0 Å². The van der Waals surface area contributed by atoms with Crippen LogP contribution in [0.5, 0.6) is 0 Å². The Morgan fingerprint density at radius 1 is 1.18 bits per heavy atom. The largest absolute Gasteiger partial charge is 0.355 e. The summed E-state index contributed by atoms with van der Waals surface area (Å²) in [4.78, 5) is 11.9. The van der Waals surface area contributed by atoms with Gasteiger partial charge in [0.2, 0.25) is 5.91 Å². The molecule has 1 saturated carbocycles. The van der Waals surface area contributed by atoms with E-state index in [-0.39, 0.29) is 11.2 Å². The van der Waals surface area contributed by atoms with E-state index in [1.165, 1.54) is 32.1 Å². The van der Waals surface area contributed by atoms with Gasteiger partial charge in [0.25, 0.3) is 0 Å². The zero-order chi connectivity index (χ0) is 12.1. The van der Waals surface area contributed by atoms with Crippen molar-refractivity contribution in [3.63, 3.8) is 0 Å². The second-order valence-corrected chi connectivity index (χ2v) is 6.68. The molecule has 0 aromatic rings. The third-order valence-electron chi connectivity index (χ3n) is 4.09. The highest BCUT2D eigenvalue weighted by atomic mass is 32.2. The van der Waals surface area contributed by atoms with Crippen molar-refractivity contribution in [1.82, 2.24) is 5.32 Å². The molecule has 1 aliphatic carbocycles. The van der Waals surface area contributed by atoms with E-state index in [9.17, 15) is 4.79 Å². The van der Waals surface area contributed by atoms with Crippen LogP contribution in [-0.4, -0.2) is 30.0 Å². The summed E-state index contributed by atoms with van der Waals surface area (Å²) in [5.41, 5.74) is 5.68. The first-order valence-electron chi connectivity index (χ1n) is 6.89. The number of carbonyl (C=O) groups excluding carboxylic acids is 1. The number of hydrogen-bond donors (Lipinski definition) is 2. The average molecular weight is 256 g/mol. The lowest BCUT2D eigenvalue weighted by molar-refractivity contribution is -0.120. The fourth-order valence-electron chi connectivity index (χ4n) is 2.81. The molecular weight excluding hydrogens is 232 g/mol. The van der Waals surface area contributed by atoms with Crippen LogP contribution in [0.3, 0.4) is 0 Å². The minimum absolute atomic E-state index is 0.232. The third-order valence-corrected chi connectivity index (χ3v) is 5.46. The Bertz CT molecular complexity index is 246. The molecule has 1 saturated heterocycles. The number of hydrogen-bond acceptors (Lipinski definition) is 3. The Labute approximate surface area is 108 Å². The molecule has 0 aromatic carbocycles. The molecule has 98 valence electrons. The molecule has 4 heteroatoms. The van der Waals surface area contributed by atoms with Crippen LogP contribution >= 0.6 is 11.8 Å². The van der Waals surface area contributed by atoms with Crippen molar-refractivity contribution in [3.8, 4) is 0 Å². The van der Waals surface area contributed by atoms with Crippen molar-refractivity contribution >= 4 is 17.7 Å². The fourth-order valence-corrected chi connectivity index (χ4v) is 4.00. The molecule has 1 heterocycles. The predicted octanol–water partition coefficient (Wildman–Crippen LogP) is 1.76. The SMILES string of the molecule is NCC1CCC(CNC(=O)C2CCCS2)CC1. The second-order valence-electron chi connectivity index (χ2n) is 5.37. The maximum atomic E-state index is 11.9. The molecule has 1 atom stereocenters. The van der Waals surface area contributed by atoms with Gasteiger partial charge in [0.1, 0.15) is 0 Å². The first kappa shape index (κ1) is 13.2. The molecule has 3 nitrogen and oxygen atoms in total. The van der Waals surface area contributed by atoms with Gasteiger partial charge in [-0.2, -0.15) is 0 Å². The van der Waals surface area contributed by atoms with Gasteiger partial charge in [-0.15, -0.1) is 11.8 Å². The number of nitrogens with two attached hydrogens (primary N) is 1. The van der Waals surface area contributed by atoms with Crippen LogP contribution in [0, 0.1) is 11.8 Å². The molecule has 1 unspecified atom stereocenters. The van der Waals surface area contributed by atoms with Gasteiger partial charge in [-0.1, -0.05) is 0 Å². The summed E-state index contributed by atoms with van der Waals surface area (Å²) < 4.78 is 0. The summed E-state index contributed by atoms with van der Waals surface area (Å²) >= 11 is 1.81. The van der Waals surface area contributed by atoms with Crippen molar-refractivity contribution in [2.45, 2.75) is 43.8 Å². The molecule has 1 aliphatic heterocycles. The van der Waals surface area contributed by atoms with Gasteiger partial charge in [-0.3, -0.25) is 4.79 Å². The molecule has 0 radical (unpaired) electrons. The highest BCUT2D eigenvalue weighted by Crippen LogP contribution is 2.28. The van der Waals surface area contributed by atoms with Crippen molar-refractivity contribution in [1.29, 1.82) is 0 Å². The third kappa shape index (κ3) is 3.88. The van der Waals surface area contributed by atoms with Gasteiger partial charge < -0.3 is 11.1 Å². The Hall–Kier alpha value is -0.220. The van der Waals surface area contributed by atoms with E-state index in [4.69, 9.17) is 5.73 Å². The average Bonchev–Trinajstić information content (AvgIpc) is 2.90. The highest BCUT2D eigenvalue weighted by molar-refractivity contribution is 8.00. The van der Waals surface area contributed by atoms with Crippen LogP contribution in [0.15, 0.2) is 0 Å². The van der Waals surface area contributed by atoms with Crippen molar-refractivity contribution in [2.24, 2.45) is 17.6 Å². The zero-order valence-electron chi connectivity index (χ0n) is 10.5. The van der Waals surface area contributed by atoms with E-state index < -0.39 is 0 Å². The zero-order valence-corrected chi connectivity index (χ0v) is 11.3. The van der Waals surface area contributed by atoms with E-state index >= 15 is 0 Å². The van der Waals surface area contributed by atoms with E-state index in [1.807, 2.05) is 11.8 Å². The first-order chi connectivity index (χ1) is 8.29. The van der Waals surface area contributed by atoms with Gasteiger partial charge in [-0.25, -0.2) is 0 Å². The first-order valence-corrected chi connectivity index (χ1v) is 7.94. The van der Waals surface area contributed by atoms with Crippen LogP contribution in [0.25, 0.3) is 0 Å². The fraction of sp³-hybridized carbons (Fsp3) is 0.923. The van der Waals surface area contributed by atoms with Crippen LogP contribution in [0.1, 0.15) is 38.5 Å². The molecular formula is C13H24N2OS. The maximum Gasteiger partial charge on any atom is 0.233 e. The van der Waals surface area contributed by atoms with E-state index in [0.717, 1.165) is 31.2 Å². The molecule has 17 heavy (non-hydrogen) atoms.